The molecule has 0 saturated heterocycles. The summed E-state index contributed by atoms with van der Waals surface area (Å²) < 4.78 is 0. The topological polar surface area (TPSA) is 156 Å². The zero-order valence-corrected chi connectivity index (χ0v) is 18.7. The van der Waals surface area contributed by atoms with E-state index in [0.717, 1.165) is 5.75 Å². The molecule has 0 fully saturated rings. The Balaban J connectivity index is 4.94. The summed E-state index contributed by atoms with van der Waals surface area (Å²) >= 11 is 1.59. The average molecular weight is 432 g/mol. The zero-order chi connectivity index (χ0) is 22.4. The van der Waals surface area contributed by atoms with Gasteiger partial charge < -0.3 is 32.2 Å². The van der Waals surface area contributed by atoms with E-state index >= 15 is 0 Å². The molecule has 4 atom stereocenters. The number of amides is 3. The molecule has 10 heteroatoms. The van der Waals surface area contributed by atoms with Gasteiger partial charge in [-0.25, -0.2) is 0 Å². The third-order valence-corrected chi connectivity index (χ3v) is 5.12. The van der Waals surface area contributed by atoms with Gasteiger partial charge in [0.15, 0.2) is 0 Å². The first-order valence-electron chi connectivity index (χ1n) is 9.98. The number of thioether (sulfide) groups is 1. The van der Waals surface area contributed by atoms with E-state index in [1.807, 2.05) is 20.1 Å². The summed E-state index contributed by atoms with van der Waals surface area (Å²) in [5.74, 6) is -0.658. The van der Waals surface area contributed by atoms with Crippen molar-refractivity contribution < 1.29 is 19.2 Å². The molecule has 0 radical (unpaired) electrons. The molecule has 168 valence electrons. The molecule has 0 aliphatic heterocycles. The molecule has 0 bridgehead atoms. The predicted octanol–water partition coefficient (Wildman–Crippen LogP) is -0.475. The van der Waals surface area contributed by atoms with Crippen molar-refractivity contribution in [2.45, 2.75) is 70.6 Å². The third kappa shape index (κ3) is 11.2. The molecule has 0 aromatic heterocycles. The number of nitrogens with two attached hydrogens (primary N) is 2. The van der Waals surface area contributed by atoms with Crippen molar-refractivity contribution in [1.82, 2.24) is 16.0 Å². The van der Waals surface area contributed by atoms with Crippen molar-refractivity contribution >= 4 is 35.8 Å². The highest BCUT2D eigenvalue weighted by molar-refractivity contribution is 7.98. The lowest BCUT2D eigenvalue weighted by atomic mass is 10.1. The van der Waals surface area contributed by atoms with E-state index in [9.17, 15) is 19.2 Å². The first-order chi connectivity index (χ1) is 13.7. The van der Waals surface area contributed by atoms with E-state index in [4.69, 9.17) is 11.5 Å². The summed E-state index contributed by atoms with van der Waals surface area (Å²) in [5.41, 5.74) is 11.4. The first-order valence-corrected chi connectivity index (χ1v) is 11.4. The summed E-state index contributed by atoms with van der Waals surface area (Å²) in [6.07, 6.45) is 4.85. The van der Waals surface area contributed by atoms with Crippen LogP contribution in [0.4, 0.5) is 0 Å². The largest absolute Gasteiger partial charge is 0.345 e. The number of rotatable bonds is 15. The highest BCUT2D eigenvalue weighted by Gasteiger charge is 2.27. The van der Waals surface area contributed by atoms with Gasteiger partial charge in [0.25, 0.3) is 0 Å². The van der Waals surface area contributed by atoms with Crippen molar-refractivity contribution in [2.75, 3.05) is 18.6 Å². The van der Waals surface area contributed by atoms with Crippen LogP contribution in [0.25, 0.3) is 0 Å². The second kappa shape index (κ2) is 15.2. The molecule has 7 N–H and O–H groups in total. The number of unbranched alkanes of at least 4 members (excludes halogenated alkanes) is 1. The molecular formula is C19H37N5O4S. The van der Waals surface area contributed by atoms with Crippen LogP contribution in [-0.4, -0.2) is 66.7 Å². The zero-order valence-electron chi connectivity index (χ0n) is 17.9. The molecule has 0 saturated carbocycles. The van der Waals surface area contributed by atoms with Crippen molar-refractivity contribution in [2.24, 2.45) is 17.4 Å². The van der Waals surface area contributed by atoms with E-state index in [1.54, 1.807) is 11.8 Å². The second-order valence-corrected chi connectivity index (χ2v) is 8.36. The molecule has 0 aromatic rings. The number of aldehydes is 1. The van der Waals surface area contributed by atoms with Gasteiger partial charge in [-0.15, -0.1) is 0 Å². The lowest BCUT2D eigenvalue weighted by Gasteiger charge is -2.24. The lowest BCUT2D eigenvalue weighted by Crippen LogP contribution is -2.56. The molecule has 0 aliphatic carbocycles. The minimum Gasteiger partial charge on any atom is -0.345 e. The maximum atomic E-state index is 12.7. The predicted molar refractivity (Wildman–Crippen MR) is 116 cm³/mol. The summed E-state index contributed by atoms with van der Waals surface area (Å²) in [5, 5.41) is 7.89. The van der Waals surface area contributed by atoms with Crippen LogP contribution in [-0.2, 0) is 19.2 Å². The second-order valence-electron chi connectivity index (χ2n) is 7.38. The lowest BCUT2D eigenvalue weighted by molar-refractivity contribution is -0.133. The summed E-state index contributed by atoms with van der Waals surface area (Å²) in [7, 11) is 0. The highest BCUT2D eigenvalue weighted by atomic mass is 32.2. The molecule has 0 heterocycles. The van der Waals surface area contributed by atoms with Crippen LogP contribution in [0.5, 0.6) is 0 Å². The molecule has 0 rings (SSSR count). The Labute approximate surface area is 177 Å². The Morgan fingerprint density at radius 3 is 2.14 bits per heavy atom. The van der Waals surface area contributed by atoms with Crippen LogP contribution < -0.4 is 27.4 Å². The number of hydrogen-bond acceptors (Lipinski definition) is 7. The van der Waals surface area contributed by atoms with Gasteiger partial charge in [0.1, 0.15) is 18.4 Å². The average Bonchev–Trinajstić information content (AvgIpc) is 2.68. The monoisotopic (exact) mass is 431 g/mol. The molecule has 3 amide bonds. The van der Waals surface area contributed by atoms with Crippen molar-refractivity contribution in [3.8, 4) is 0 Å². The van der Waals surface area contributed by atoms with Crippen LogP contribution in [0.3, 0.4) is 0 Å². The van der Waals surface area contributed by atoms with Crippen molar-refractivity contribution in [3.63, 3.8) is 0 Å². The van der Waals surface area contributed by atoms with Gasteiger partial charge in [0.2, 0.25) is 17.7 Å². The summed E-state index contributed by atoms with van der Waals surface area (Å²) in [6.45, 7) is 5.63. The van der Waals surface area contributed by atoms with Gasteiger partial charge in [-0.1, -0.05) is 13.8 Å². The molecule has 0 unspecified atom stereocenters. The summed E-state index contributed by atoms with van der Waals surface area (Å²) in [6, 6.07) is -3.00. The standard InChI is InChI=1S/C19H37N5O4S/c1-12(2)16(11-25)24-17(26)13(3)22-19(28)15(7-5-6-9-20)23-18(27)14(21)8-10-29-4/h11-16H,5-10,20-21H2,1-4H3,(H,22,28)(H,23,27)(H,24,26)/t13-,14-,15-,16+/m0/s1. The van der Waals surface area contributed by atoms with Gasteiger partial charge in [0, 0.05) is 0 Å². The number of carbonyl (C=O) groups excluding carboxylic acids is 4. The minimum atomic E-state index is -0.859. The molecule has 29 heavy (non-hydrogen) atoms. The van der Waals surface area contributed by atoms with Gasteiger partial charge in [-0.2, -0.15) is 11.8 Å². The van der Waals surface area contributed by atoms with Gasteiger partial charge in [-0.3, -0.25) is 14.4 Å². The van der Waals surface area contributed by atoms with E-state index in [-0.39, 0.29) is 5.92 Å². The Bertz CT molecular complexity index is 533. The van der Waals surface area contributed by atoms with Crippen LogP contribution in [0.2, 0.25) is 0 Å². The van der Waals surface area contributed by atoms with Crippen LogP contribution in [0.1, 0.15) is 46.5 Å². The molecule has 0 aliphatic rings. The van der Waals surface area contributed by atoms with E-state index in [2.05, 4.69) is 16.0 Å². The normalized spacial score (nSPS) is 15.1. The SMILES string of the molecule is CSCC[C@H](N)C(=O)N[C@@H](CCCCN)C(=O)N[C@@H](C)C(=O)N[C@H](C=O)C(C)C. The fourth-order valence-corrected chi connectivity index (χ4v) is 2.93. The maximum absolute atomic E-state index is 12.7. The Kier molecular flexibility index (Phi) is 14.4. The Morgan fingerprint density at radius 2 is 1.62 bits per heavy atom. The third-order valence-electron chi connectivity index (χ3n) is 4.48. The molecule has 0 aromatic carbocycles. The van der Waals surface area contributed by atoms with Crippen molar-refractivity contribution in [3.05, 3.63) is 0 Å². The van der Waals surface area contributed by atoms with Crippen molar-refractivity contribution in [1.29, 1.82) is 0 Å². The van der Waals surface area contributed by atoms with E-state index in [0.29, 0.717) is 38.5 Å². The maximum Gasteiger partial charge on any atom is 0.243 e. The van der Waals surface area contributed by atoms with Crippen LogP contribution in [0.15, 0.2) is 0 Å². The van der Waals surface area contributed by atoms with Crippen LogP contribution in [0, 0.1) is 5.92 Å². The quantitative estimate of drug-likeness (QED) is 0.173. The summed E-state index contributed by atoms with van der Waals surface area (Å²) in [4.78, 5) is 48.3. The smallest absolute Gasteiger partial charge is 0.243 e. The fraction of sp³-hybridized carbons (Fsp3) is 0.789. The van der Waals surface area contributed by atoms with Gasteiger partial charge in [-0.05, 0) is 57.1 Å². The number of nitrogens with one attached hydrogen (secondary N) is 3. The van der Waals surface area contributed by atoms with Gasteiger partial charge >= 0.3 is 0 Å². The van der Waals surface area contributed by atoms with E-state index < -0.39 is 41.9 Å². The number of hydrogen-bond donors (Lipinski definition) is 5. The molecule has 9 nitrogen and oxygen atoms in total. The molecule has 0 spiro atoms. The number of carbonyl (C=O) groups is 4. The Morgan fingerprint density at radius 1 is 0.966 bits per heavy atom. The van der Waals surface area contributed by atoms with E-state index in [1.165, 1.54) is 6.92 Å². The first kappa shape index (κ1) is 27.4. The molecular weight excluding hydrogens is 394 g/mol. The van der Waals surface area contributed by atoms with Crippen LogP contribution >= 0.6 is 11.8 Å². The van der Waals surface area contributed by atoms with Gasteiger partial charge in [0.05, 0.1) is 12.1 Å². The minimum absolute atomic E-state index is 0.0644. The Hall–Kier alpha value is -1.65. The highest BCUT2D eigenvalue weighted by Crippen LogP contribution is 2.05. The fourth-order valence-electron chi connectivity index (χ4n) is 2.44.